The van der Waals surface area contributed by atoms with Crippen molar-refractivity contribution in [1.29, 1.82) is 0 Å². The molecule has 0 radical (unpaired) electrons. The van der Waals surface area contributed by atoms with Crippen molar-refractivity contribution in [2.24, 2.45) is 17.8 Å². The molecule has 116 valence electrons. The van der Waals surface area contributed by atoms with E-state index in [0.29, 0.717) is 12.1 Å². The fourth-order valence-electron chi connectivity index (χ4n) is 4.83. The van der Waals surface area contributed by atoms with Gasteiger partial charge in [0.1, 0.15) is 0 Å². The van der Waals surface area contributed by atoms with Gasteiger partial charge in [-0.15, -0.1) is 0 Å². The number of hydrogen-bond donors (Lipinski definition) is 1. The molecule has 3 heteroatoms. The number of rotatable bonds is 6. The number of likely N-dealkylation sites (N-methyl/N-ethyl adjacent to an activating group) is 1. The number of hydrogen-bond acceptors (Lipinski definition) is 3. The Bertz CT molecular complexity index is 309. The maximum atomic E-state index is 5.76. The van der Waals surface area contributed by atoms with Crippen molar-refractivity contribution in [2.75, 3.05) is 33.4 Å². The first kappa shape index (κ1) is 14.8. The van der Waals surface area contributed by atoms with Crippen molar-refractivity contribution in [2.45, 2.75) is 57.5 Å². The highest BCUT2D eigenvalue weighted by molar-refractivity contribution is 4.93. The van der Waals surface area contributed by atoms with Gasteiger partial charge < -0.3 is 10.1 Å². The fraction of sp³-hybridized carbons (Fsp3) is 1.00. The van der Waals surface area contributed by atoms with Gasteiger partial charge in [-0.1, -0.05) is 13.3 Å². The van der Waals surface area contributed by atoms with Crippen molar-refractivity contribution in [1.82, 2.24) is 10.2 Å². The van der Waals surface area contributed by atoms with Gasteiger partial charge in [-0.25, -0.2) is 0 Å². The summed E-state index contributed by atoms with van der Waals surface area (Å²) in [5.74, 6) is 3.07. The summed E-state index contributed by atoms with van der Waals surface area (Å²) in [4.78, 5) is 2.61. The van der Waals surface area contributed by atoms with Crippen LogP contribution in [0.5, 0.6) is 0 Å². The molecular formula is C17H32N2O. The van der Waals surface area contributed by atoms with Gasteiger partial charge in [0, 0.05) is 25.2 Å². The molecule has 2 saturated carbocycles. The van der Waals surface area contributed by atoms with Crippen LogP contribution in [0.1, 0.15) is 45.4 Å². The zero-order valence-electron chi connectivity index (χ0n) is 13.3. The molecule has 3 rings (SSSR count). The Labute approximate surface area is 124 Å². The van der Waals surface area contributed by atoms with Crippen LogP contribution in [0, 0.1) is 17.8 Å². The number of nitrogens with zero attached hydrogens (tertiary/aromatic N) is 1. The summed E-state index contributed by atoms with van der Waals surface area (Å²) in [6.45, 7) is 6.53. The second-order valence-electron chi connectivity index (χ2n) is 7.37. The Morgan fingerprint density at radius 1 is 1.20 bits per heavy atom. The Morgan fingerprint density at radius 2 is 2.10 bits per heavy atom. The summed E-state index contributed by atoms with van der Waals surface area (Å²) in [6, 6.07) is 1.21. The molecule has 0 aromatic rings. The molecule has 3 fully saturated rings. The van der Waals surface area contributed by atoms with Crippen molar-refractivity contribution < 1.29 is 4.74 Å². The lowest BCUT2D eigenvalue weighted by Gasteiger charge is -2.40. The molecule has 3 aliphatic rings. The topological polar surface area (TPSA) is 24.5 Å². The quantitative estimate of drug-likeness (QED) is 0.809. The van der Waals surface area contributed by atoms with Crippen LogP contribution in [0.2, 0.25) is 0 Å². The average molecular weight is 280 g/mol. The summed E-state index contributed by atoms with van der Waals surface area (Å²) in [5.41, 5.74) is 0. The molecule has 2 aliphatic carbocycles. The molecule has 1 N–H and O–H groups in total. The maximum Gasteiger partial charge on any atom is 0.0636 e. The van der Waals surface area contributed by atoms with Gasteiger partial charge in [0.15, 0.2) is 0 Å². The minimum atomic E-state index is 0.578. The van der Waals surface area contributed by atoms with E-state index < -0.39 is 0 Å². The van der Waals surface area contributed by atoms with Gasteiger partial charge >= 0.3 is 0 Å². The summed E-state index contributed by atoms with van der Waals surface area (Å²) in [6.07, 6.45) is 8.43. The second kappa shape index (κ2) is 6.76. The van der Waals surface area contributed by atoms with E-state index in [9.17, 15) is 0 Å². The Morgan fingerprint density at radius 3 is 2.80 bits per heavy atom. The van der Waals surface area contributed by atoms with Gasteiger partial charge in [-0.3, -0.25) is 4.90 Å². The summed E-state index contributed by atoms with van der Waals surface area (Å²) in [7, 11) is 2.33. The SMILES string of the molecule is CCCNC1CCOCC1N(C)CC1CC2CCC1C2. The molecule has 1 aliphatic heterocycles. The maximum absolute atomic E-state index is 5.76. The smallest absolute Gasteiger partial charge is 0.0636 e. The molecule has 1 saturated heterocycles. The predicted molar refractivity (Wildman–Crippen MR) is 82.9 cm³/mol. The highest BCUT2D eigenvalue weighted by Gasteiger charge is 2.40. The van der Waals surface area contributed by atoms with Crippen molar-refractivity contribution in [3.05, 3.63) is 0 Å². The third-order valence-corrected chi connectivity index (χ3v) is 5.96. The van der Waals surface area contributed by atoms with Crippen LogP contribution in [0.4, 0.5) is 0 Å². The summed E-state index contributed by atoms with van der Waals surface area (Å²) in [5, 5.41) is 3.74. The van der Waals surface area contributed by atoms with E-state index in [1.165, 1.54) is 45.1 Å². The third-order valence-electron chi connectivity index (χ3n) is 5.96. The molecule has 20 heavy (non-hydrogen) atoms. The van der Waals surface area contributed by atoms with Crippen molar-refractivity contribution in [3.63, 3.8) is 0 Å². The average Bonchev–Trinajstić information content (AvgIpc) is 3.08. The van der Waals surface area contributed by atoms with Gasteiger partial charge in [-0.2, -0.15) is 0 Å². The van der Waals surface area contributed by atoms with E-state index in [1.807, 2.05) is 0 Å². The van der Waals surface area contributed by atoms with Gasteiger partial charge in [0.25, 0.3) is 0 Å². The van der Waals surface area contributed by atoms with Crippen LogP contribution in [-0.2, 0) is 4.74 Å². The fourth-order valence-corrected chi connectivity index (χ4v) is 4.83. The van der Waals surface area contributed by atoms with E-state index in [-0.39, 0.29) is 0 Å². The van der Waals surface area contributed by atoms with E-state index in [0.717, 1.165) is 37.5 Å². The minimum Gasteiger partial charge on any atom is -0.380 e. The van der Waals surface area contributed by atoms with Crippen LogP contribution in [0.25, 0.3) is 0 Å². The zero-order valence-corrected chi connectivity index (χ0v) is 13.3. The molecule has 2 bridgehead atoms. The summed E-state index contributed by atoms with van der Waals surface area (Å²) >= 11 is 0. The van der Waals surface area contributed by atoms with Gasteiger partial charge in [0.05, 0.1) is 6.61 Å². The molecule has 0 amide bonds. The Balaban J connectivity index is 1.52. The standard InChI is InChI=1S/C17H32N2O/c1-3-7-18-16-6-8-20-12-17(16)19(2)11-15-10-13-4-5-14(15)9-13/h13-18H,3-12H2,1-2H3. The number of fused-ring (bicyclic) bond motifs is 2. The molecule has 3 nitrogen and oxygen atoms in total. The van der Waals surface area contributed by atoms with Crippen LogP contribution in [0.3, 0.4) is 0 Å². The minimum absolute atomic E-state index is 0.578. The first-order chi connectivity index (χ1) is 9.78. The number of ether oxygens (including phenoxy) is 1. The van der Waals surface area contributed by atoms with Crippen LogP contribution >= 0.6 is 0 Å². The molecule has 5 atom stereocenters. The Hall–Kier alpha value is -0.120. The van der Waals surface area contributed by atoms with Crippen LogP contribution in [-0.4, -0.2) is 50.3 Å². The van der Waals surface area contributed by atoms with E-state index in [2.05, 4.69) is 24.2 Å². The predicted octanol–water partition coefficient (Wildman–Crippen LogP) is 2.51. The van der Waals surface area contributed by atoms with Gasteiger partial charge in [-0.05, 0) is 63.5 Å². The zero-order chi connectivity index (χ0) is 13.9. The molecule has 0 aromatic heterocycles. The molecule has 1 heterocycles. The lowest BCUT2D eigenvalue weighted by Crippen LogP contribution is -2.55. The highest BCUT2D eigenvalue weighted by atomic mass is 16.5. The summed E-state index contributed by atoms with van der Waals surface area (Å²) < 4.78 is 5.76. The normalized spacial score (nSPS) is 40.6. The van der Waals surface area contributed by atoms with Gasteiger partial charge in [0.2, 0.25) is 0 Å². The monoisotopic (exact) mass is 280 g/mol. The molecular weight excluding hydrogens is 248 g/mol. The molecule has 0 spiro atoms. The van der Waals surface area contributed by atoms with E-state index in [1.54, 1.807) is 0 Å². The molecule has 0 aromatic carbocycles. The van der Waals surface area contributed by atoms with Crippen molar-refractivity contribution in [3.8, 4) is 0 Å². The third kappa shape index (κ3) is 3.20. The second-order valence-corrected chi connectivity index (χ2v) is 7.37. The number of nitrogens with one attached hydrogen (secondary N) is 1. The van der Waals surface area contributed by atoms with E-state index in [4.69, 9.17) is 4.74 Å². The first-order valence-electron chi connectivity index (χ1n) is 8.79. The lowest BCUT2D eigenvalue weighted by atomic mass is 9.88. The molecule has 5 unspecified atom stereocenters. The van der Waals surface area contributed by atoms with Crippen molar-refractivity contribution >= 4 is 0 Å². The van der Waals surface area contributed by atoms with Crippen LogP contribution < -0.4 is 5.32 Å². The Kier molecular flexibility index (Phi) is 5.00. The largest absolute Gasteiger partial charge is 0.380 e. The lowest BCUT2D eigenvalue weighted by molar-refractivity contribution is -0.00115. The first-order valence-corrected chi connectivity index (χ1v) is 8.79. The highest BCUT2D eigenvalue weighted by Crippen LogP contribution is 2.48. The van der Waals surface area contributed by atoms with Crippen LogP contribution in [0.15, 0.2) is 0 Å². The van der Waals surface area contributed by atoms with E-state index >= 15 is 0 Å².